The largest absolute Gasteiger partial charge is 0.466 e. The molecule has 0 saturated heterocycles. The Morgan fingerprint density at radius 1 is 0.586 bits per heavy atom. The van der Waals surface area contributed by atoms with Crippen LogP contribution in [0.4, 0.5) is 0 Å². The van der Waals surface area contributed by atoms with Gasteiger partial charge in [-0.2, -0.15) is 0 Å². The number of rotatable bonds is 16. The van der Waals surface area contributed by atoms with Crippen LogP contribution in [0, 0.1) is 60.2 Å². The maximum Gasteiger partial charge on any atom is 0.309 e. The summed E-state index contributed by atoms with van der Waals surface area (Å²) in [4.78, 5) is 54.1. The molecule has 1 atom stereocenters. The van der Waals surface area contributed by atoms with Crippen molar-refractivity contribution in [3.8, 4) is 0 Å². The number of ketones is 2. The summed E-state index contributed by atoms with van der Waals surface area (Å²) < 4.78 is 38.6. The smallest absolute Gasteiger partial charge is 0.309 e. The van der Waals surface area contributed by atoms with Crippen LogP contribution < -0.4 is 0 Å². The minimum Gasteiger partial charge on any atom is -0.466 e. The van der Waals surface area contributed by atoms with Gasteiger partial charge in [0.05, 0.1) is 23.2 Å². The highest BCUT2D eigenvalue weighted by atomic mass is 32.2. The van der Waals surface area contributed by atoms with Crippen LogP contribution in [0.25, 0.3) is 0 Å². The van der Waals surface area contributed by atoms with Crippen LogP contribution in [-0.4, -0.2) is 61.5 Å². The molecule has 414 valence electrons. The van der Waals surface area contributed by atoms with E-state index in [9.17, 15) is 32.4 Å². The third-order valence-corrected chi connectivity index (χ3v) is 12.0. The van der Waals surface area contributed by atoms with Crippen molar-refractivity contribution in [2.24, 2.45) is 53.3 Å². The first-order chi connectivity index (χ1) is 31.7. The molecule has 0 spiro atoms. The lowest BCUT2D eigenvalue weighted by molar-refractivity contribution is -0.161. The van der Waals surface area contributed by atoms with Gasteiger partial charge < -0.3 is 23.8 Å². The van der Waals surface area contributed by atoms with Crippen LogP contribution in [0.5, 0.6) is 0 Å². The van der Waals surface area contributed by atoms with Gasteiger partial charge in [0.25, 0.3) is 0 Å². The van der Waals surface area contributed by atoms with Gasteiger partial charge in [-0.15, -0.1) is 0 Å². The van der Waals surface area contributed by atoms with Crippen LogP contribution in [-0.2, 0) is 48.0 Å². The molecule has 1 aliphatic carbocycles. The fraction of sp³-hybridized carbons (Fsp3) is 0.814. The first-order valence-corrected chi connectivity index (χ1v) is 28.2. The molecular formula is C59H112O10S. The number of Topliss-reactive ketones (excluding diaryl/α,β-unsaturated/α-hetero) is 2. The van der Waals surface area contributed by atoms with Crippen molar-refractivity contribution in [1.29, 1.82) is 0 Å². The normalized spacial score (nSPS) is 13.1. The number of benzene rings is 1. The van der Waals surface area contributed by atoms with Crippen molar-refractivity contribution in [3.63, 3.8) is 0 Å². The van der Waals surface area contributed by atoms with E-state index in [-0.39, 0.29) is 58.3 Å². The molecule has 1 saturated carbocycles. The first-order valence-electron chi connectivity index (χ1n) is 26.6. The zero-order chi connectivity index (χ0) is 56.2. The van der Waals surface area contributed by atoms with Crippen LogP contribution in [0.15, 0.2) is 29.2 Å². The summed E-state index contributed by atoms with van der Waals surface area (Å²) in [5, 5.41) is 0. The lowest BCUT2D eigenvalue weighted by Gasteiger charge is -2.24. The summed E-state index contributed by atoms with van der Waals surface area (Å²) in [7, 11) is -3.08. The molecule has 10 nitrogen and oxygen atoms in total. The summed E-state index contributed by atoms with van der Waals surface area (Å²) in [6.45, 7) is 49.7. The van der Waals surface area contributed by atoms with E-state index in [0.29, 0.717) is 53.9 Å². The Labute approximate surface area is 433 Å². The van der Waals surface area contributed by atoms with Gasteiger partial charge in [-0.1, -0.05) is 154 Å². The standard InChI is InChI=1S/C11H16O2S.C10H20O2.C9H18O2.C9H18.C8H16O2.2C6H12O/c1-9(2)8-14(12,13)11-6-4-10(3)5-7-11;1-7(2)8(3)9(11)12-10(4,5)6;1-7(2)6-8(10)11-9(3,4)5;1-8(2)9-6-4-3-5-7-9;1-4-10-8(9)6-5-7(2)3;2*1-5(2)4-6(3)7/h4-7,9H,8H2,1-3H3;7-8H,1-6H3;7H,6H2,1-5H3;8-9H,3-7H2,1-2H3;7H,4-6H2,1-3H3;2*5H,4H2,1-3H3. The van der Waals surface area contributed by atoms with E-state index < -0.39 is 9.84 Å². The third kappa shape index (κ3) is 57.5. The van der Waals surface area contributed by atoms with Gasteiger partial charge in [0.2, 0.25) is 0 Å². The van der Waals surface area contributed by atoms with Gasteiger partial charge in [-0.3, -0.25) is 14.4 Å². The summed E-state index contributed by atoms with van der Waals surface area (Å²) in [5.41, 5.74) is 0.375. The summed E-state index contributed by atoms with van der Waals surface area (Å²) in [6, 6.07) is 7.00. The quantitative estimate of drug-likeness (QED) is 0.116. The van der Waals surface area contributed by atoms with Crippen LogP contribution in [0.1, 0.15) is 236 Å². The highest BCUT2D eigenvalue weighted by Crippen LogP contribution is 2.29. The zero-order valence-corrected chi connectivity index (χ0v) is 50.8. The van der Waals surface area contributed by atoms with Gasteiger partial charge in [-0.25, -0.2) is 8.42 Å². The van der Waals surface area contributed by atoms with Gasteiger partial charge in [0.1, 0.15) is 22.8 Å². The molecule has 1 aromatic carbocycles. The molecule has 0 amide bonds. The monoisotopic (exact) mass is 1010 g/mol. The second-order valence-electron chi connectivity index (χ2n) is 23.7. The second-order valence-corrected chi connectivity index (χ2v) is 25.8. The van der Waals surface area contributed by atoms with Crippen LogP contribution >= 0.6 is 0 Å². The maximum atomic E-state index is 11.8. The lowest BCUT2D eigenvalue weighted by Crippen LogP contribution is -2.29. The Bertz CT molecular complexity index is 1580. The van der Waals surface area contributed by atoms with Crippen molar-refractivity contribution in [2.75, 3.05) is 12.4 Å². The average molecular weight is 1010 g/mol. The molecule has 0 radical (unpaired) electrons. The molecule has 0 heterocycles. The minimum atomic E-state index is -3.08. The van der Waals surface area contributed by atoms with Crippen LogP contribution in [0.2, 0.25) is 0 Å². The van der Waals surface area contributed by atoms with Crippen molar-refractivity contribution >= 4 is 39.3 Å². The Morgan fingerprint density at radius 2 is 1.00 bits per heavy atom. The SMILES string of the molecule is CC(=O)CC(C)C.CC(=O)CC(C)C.CC(C)C(C)C(=O)OC(C)(C)C.CC(C)C1CCCCC1.CC(C)CC(=O)OC(C)(C)C.CCOC(=O)CCC(C)C.Cc1ccc(S(=O)(=O)CC(C)C)cc1. The zero-order valence-electron chi connectivity index (χ0n) is 50.0. The van der Waals surface area contributed by atoms with Crippen molar-refractivity contribution in [1.82, 2.24) is 0 Å². The predicted molar refractivity (Wildman–Crippen MR) is 296 cm³/mol. The topological polar surface area (TPSA) is 147 Å². The number of carbonyl (C=O) groups excluding carboxylic acids is 5. The highest BCUT2D eigenvalue weighted by Gasteiger charge is 2.23. The Morgan fingerprint density at radius 3 is 1.27 bits per heavy atom. The van der Waals surface area contributed by atoms with E-state index in [1.54, 1.807) is 26.0 Å². The fourth-order valence-electron chi connectivity index (χ4n) is 6.25. The molecule has 0 aromatic heterocycles. The molecule has 0 aliphatic heterocycles. The van der Waals surface area contributed by atoms with Gasteiger partial charge in [0.15, 0.2) is 9.84 Å². The van der Waals surface area contributed by atoms with Crippen molar-refractivity contribution in [2.45, 2.75) is 253 Å². The van der Waals surface area contributed by atoms with E-state index in [1.807, 2.05) is 144 Å². The van der Waals surface area contributed by atoms with E-state index >= 15 is 0 Å². The number of aryl methyl sites for hydroxylation is 1. The van der Waals surface area contributed by atoms with Crippen LogP contribution in [0.3, 0.4) is 0 Å². The molecule has 0 bridgehead atoms. The molecule has 1 aliphatic rings. The molecule has 1 unspecified atom stereocenters. The third-order valence-electron chi connectivity index (χ3n) is 9.92. The molecule has 0 N–H and O–H groups in total. The number of carbonyl (C=O) groups is 5. The first kappa shape index (κ1) is 75.8. The van der Waals surface area contributed by atoms with Gasteiger partial charge in [0, 0.05) is 25.7 Å². The summed E-state index contributed by atoms with van der Waals surface area (Å²) >= 11 is 0. The Balaban J connectivity index is -0.000000238. The van der Waals surface area contributed by atoms with Gasteiger partial charge in [-0.05, 0) is 135 Å². The fourth-order valence-corrected chi connectivity index (χ4v) is 7.88. The second kappa shape index (κ2) is 41.4. The molecule has 70 heavy (non-hydrogen) atoms. The van der Waals surface area contributed by atoms with Crippen molar-refractivity contribution in [3.05, 3.63) is 29.8 Å². The Hall–Kier alpha value is -3.08. The number of sulfone groups is 1. The predicted octanol–water partition coefficient (Wildman–Crippen LogP) is 15.9. The Kier molecular flexibility index (Phi) is 44.9. The number of hydrogen-bond acceptors (Lipinski definition) is 10. The summed E-state index contributed by atoms with van der Waals surface area (Å²) in [6.07, 6.45) is 10.9. The lowest BCUT2D eigenvalue weighted by atomic mass is 9.82. The van der Waals surface area contributed by atoms with E-state index in [1.165, 1.54) is 32.1 Å². The number of esters is 3. The highest BCUT2D eigenvalue weighted by molar-refractivity contribution is 7.91. The molecule has 2 rings (SSSR count). The van der Waals surface area contributed by atoms with E-state index in [4.69, 9.17) is 14.2 Å². The minimum absolute atomic E-state index is 0.00998. The number of ether oxygens (including phenoxy) is 3. The molecule has 11 heteroatoms. The molecular weight excluding hydrogens is 901 g/mol. The van der Waals surface area contributed by atoms with Gasteiger partial charge >= 0.3 is 17.9 Å². The van der Waals surface area contributed by atoms with E-state index in [0.717, 1.165) is 36.7 Å². The summed E-state index contributed by atoms with van der Waals surface area (Å²) in [5.74, 6) is 5.03. The number of hydrogen-bond donors (Lipinski definition) is 0. The molecule has 1 aromatic rings. The van der Waals surface area contributed by atoms with E-state index in [2.05, 4.69) is 27.7 Å². The molecule has 1 fully saturated rings. The maximum absolute atomic E-state index is 11.8. The van der Waals surface area contributed by atoms with Crippen molar-refractivity contribution < 1.29 is 46.6 Å². The average Bonchev–Trinajstić information content (AvgIpc) is 3.15.